The summed E-state index contributed by atoms with van der Waals surface area (Å²) in [6.45, 7) is 5.91. The second kappa shape index (κ2) is 4.54. The van der Waals surface area contributed by atoms with Crippen molar-refractivity contribution >= 4 is 11.6 Å². The van der Waals surface area contributed by atoms with E-state index in [1.807, 2.05) is 24.3 Å². The molecule has 0 bridgehead atoms. The Morgan fingerprint density at radius 2 is 2.10 bits per heavy atom. The van der Waals surface area contributed by atoms with E-state index in [1.165, 1.54) is 0 Å². The number of aliphatic carboxylic acids is 1. The molecule has 2 aromatic rings. The normalized spacial score (nSPS) is 26.2. The third-order valence-electron chi connectivity index (χ3n) is 4.16. The van der Waals surface area contributed by atoms with Crippen LogP contribution in [0.3, 0.4) is 0 Å². The first kappa shape index (κ1) is 13.0. The number of rotatable bonds is 2. The van der Waals surface area contributed by atoms with Crippen molar-refractivity contribution < 1.29 is 9.90 Å². The van der Waals surface area contributed by atoms with E-state index in [0.29, 0.717) is 12.3 Å². The van der Waals surface area contributed by atoms with Crippen molar-refractivity contribution in [2.75, 3.05) is 0 Å². The number of aromatic nitrogens is 4. The van der Waals surface area contributed by atoms with Gasteiger partial charge in [0.25, 0.3) is 0 Å². The lowest BCUT2D eigenvalue weighted by molar-refractivity contribution is -0.142. The summed E-state index contributed by atoms with van der Waals surface area (Å²) in [4.78, 5) is 15.9. The number of hydrogen-bond acceptors (Lipinski definition) is 4. The van der Waals surface area contributed by atoms with Gasteiger partial charge in [-0.2, -0.15) is 0 Å². The van der Waals surface area contributed by atoms with Crippen molar-refractivity contribution in [2.24, 2.45) is 11.8 Å². The molecule has 1 N–H and O–H groups in total. The van der Waals surface area contributed by atoms with Crippen LogP contribution in [-0.4, -0.2) is 30.7 Å². The van der Waals surface area contributed by atoms with Gasteiger partial charge in [0.2, 0.25) is 0 Å². The molecule has 1 fully saturated rings. The molecule has 20 heavy (non-hydrogen) atoms. The van der Waals surface area contributed by atoms with Crippen LogP contribution >= 0.6 is 0 Å². The molecule has 3 atom stereocenters. The third kappa shape index (κ3) is 1.95. The van der Waals surface area contributed by atoms with Crippen LogP contribution in [0.5, 0.6) is 0 Å². The zero-order chi connectivity index (χ0) is 14.4. The lowest BCUT2D eigenvalue weighted by Gasteiger charge is -2.14. The van der Waals surface area contributed by atoms with E-state index >= 15 is 0 Å². The van der Waals surface area contributed by atoms with Crippen LogP contribution in [0.2, 0.25) is 0 Å². The highest BCUT2D eigenvalue weighted by Gasteiger charge is 2.40. The molecule has 0 aliphatic heterocycles. The number of fused-ring (bicyclic) bond motifs is 1. The Hall–Kier alpha value is -1.98. The molecule has 6 heteroatoms. The average Bonchev–Trinajstić information content (AvgIpc) is 2.92. The molecular formula is C14H18N4O2. The van der Waals surface area contributed by atoms with Crippen LogP contribution in [0, 0.1) is 25.7 Å². The molecule has 2 heterocycles. The molecule has 0 spiro atoms. The second-order valence-corrected chi connectivity index (χ2v) is 5.82. The molecule has 3 rings (SSSR count). The van der Waals surface area contributed by atoms with Gasteiger partial charge in [-0.05, 0) is 32.6 Å². The maximum Gasteiger partial charge on any atom is 0.307 e. The van der Waals surface area contributed by atoms with Gasteiger partial charge in [0.05, 0.1) is 5.92 Å². The molecular weight excluding hydrogens is 256 g/mol. The van der Waals surface area contributed by atoms with E-state index in [9.17, 15) is 9.90 Å². The minimum Gasteiger partial charge on any atom is -0.481 e. The molecule has 1 aliphatic carbocycles. The molecule has 106 valence electrons. The second-order valence-electron chi connectivity index (χ2n) is 5.82. The van der Waals surface area contributed by atoms with Gasteiger partial charge in [0.15, 0.2) is 5.65 Å². The van der Waals surface area contributed by atoms with Crippen molar-refractivity contribution in [1.82, 2.24) is 19.6 Å². The highest BCUT2D eigenvalue weighted by Crippen LogP contribution is 2.42. The van der Waals surface area contributed by atoms with Gasteiger partial charge >= 0.3 is 5.97 Å². The molecule has 0 amide bonds. The Kier molecular flexibility index (Phi) is 2.96. The molecule has 3 unspecified atom stereocenters. The van der Waals surface area contributed by atoms with E-state index in [0.717, 1.165) is 29.4 Å². The Balaban J connectivity index is 2.12. The van der Waals surface area contributed by atoms with Crippen molar-refractivity contribution in [3.8, 4) is 0 Å². The first-order chi connectivity index (χ1) is 9.47. The largest absolute Gasteiger partial charge is 0.481 e. The smallest absolute Gasteiger partial charge is 0.307 e. The minimum atomic E-state index is -0.742. The van der Waals surface area contributed by atoms with Gasteiger partial charge in [0, 0.05) is 17.7 Å². The van der Waals surface area contributed by atoms with Crippen LogP contribution < -0.4 is 0 Å². The summed E-state index contributed by atoms with van der Waals surface area (Å²) in [5.74, 6) is 0.741. The SMILES string of the molecule is Cc1cc2nnc(C3CC(C)CC3C(=O)O)n2c(C)n1. The molecule has 0 aromatic carbocycles. The van der Waals surface area contributed by atoms with Crippen molar-refractivity contribution in [3.63, 3.8) is 0 Å². The van der Waals surface area contributed by atoms with E-state index in [-0.39, 0.29) is 11.8 Å². The van der Waals surface area contributed by atoms with Crippen LogP contribution in [0.25, 0.3) is 5.65 Å². The summed E-state index contributed by atoms with van der Waals surface area (Å²) in [6.07, 6.45) is 1.54. The zero-order valence-electron chi connectivity index (χ0n) is 11.9. The fourth-order valence-corrected chi connectivity index (χ4v) is 3.35. The average molecular weight is 274 g/mol. The Bertz CT molecular complexity index is 679. The first-order valence-electron chi connectivity index (χ1n) is 6.89. The predicted molar refractivity (Wildman–Crippen MR) is 72.5 cm³/mol. The summed E-state index contributed by atoms with van der Waals surface area (Å²) in [5.41, 5.74) is 1.64. The number of aryl methyl sites for hydroxylation is 2. The van der Waals surface area contributed by atoms with Crippen molar-refractivity contribution in [2.45, 2.75) is 39.5 Å². The topological polar surface area (TPSA) is 80.4 Å². The lowest BCUT2D eigenvalue weighted by atomic mass is 9.95. The van der Waals surface area contributed by atoms with Gasteiger partial charge in [-0.25, -0.2) is 4.98 Å². The molecule has 1 aliphatic rings. The fraction of sp³-hybridized carbons (Fsp3) is 0.571. The molecule has 2 aromatic heterocycles. The Labute approximate surface area is 116 Å². The number of hydrogen-bond donors (Lipinski definition) is 1. The molecule has 0 saturated heterocycles. The number of nitrogens with zero attached hydrogens (tertiary/aromatic N) is 4. The van der Waals surface area contributed by atoms with E-state index < -0.39 is 5.97 Å². The van der Waals surface area contributed by atoms with E-state index in [1.54, 1.807) is 0 Å². The highest BCUT2D eigenvalue weighted by atomic mass is 16.4. The fourth-order valence-electron chi connectivity index (χ4n) is 3.35. The third-order valence-corrected chi connectivity index (χ3v) is 4.16. The molecule has 1 saturated carbocycles. The Morgan fingerprint density at radius 3 is 2.80 bits per heavy atom. The number of carboxylic acid groups (broad SMARTS) is 1. The summed E-state index contributed by atoms with van der Waals surface area (Å²) >= 11 is 0. The summed E-state index contributed by atoms with van der Waals surface area (Å²) in [5, 5.41) is 17.9. The molecule has 0 radical (unpaired) electrons. The standard InChI is InChI=1S/C14H18N4O2/c1-7-4-10(11(5-7)14(19)20)13-17-16-12-6-8(2)15-9(3)18(12)13/h6-7,10-11H,4-5H2,1-3H3,(H,19,20). The monoisotopic (exact) mass is 274 g/mol. The number of carboxylic acids is 1. The predicted octanol–water partition coefficient (Wildman–Crippen LogP) is 1.96. The van der Waals surface area contributed by atoms with Crippen LogP contribution in [0.4, 0.5) is 0 Å². The lowest BCUT2D eigenvalue weighted by Crippen LogP contribution is -2.19. The van der Waals surface area contributed by atoms with Crippen LogP contribution in [-0.2, 0) is 4.79 Å². The van der Waals surface area contributed by atoms with Crippen LogP contribution in [0.15, 0.2) is 6.07 Å². The summed E-state index contributed by atoms with van der Waals surface area (Å²) in [7, 11) is 0. The van der Waals surface area contributed by atoms with E-state index in [4.69, 9.17) is 0 Å². The van der Waals surface area contributed by atoms with Crippen molar-refractivity contribution in [3.05, 3.63) is 23.4 Å². The van der Waals surface area contributed by atoms with Gasteiger partial charge in [0.1, 0.15) is 11.6 Å². The van der Waals surface area contributed by atoms with Gasteiger partial charge in [-0.3, -0.25) is 9.20 Å². The quantitative estimate of drug-likeness (QED) is 0.905. The first-order valence-corrected chi connectivity index (χ1v) is 6.89. The van der Waals surface area contributed by atoms with E-state index in [2.05, 4.69) is 22.1 Å². The zero-order valence-corrected chi connectivity index (χ0v) is 11.9. The Morgan fingerprint density at radius 1 is 1.35 bits per heavy atom. The maximum atomic E-state index is 11.5. The number of carbonyl (C=O) groups is 1. The van der Waals surface area contributed by atoms with Gasteiger partial charge in [-0.15, -0.1) is 10.2 Å². The maximum absolute atomic E-state index is 11.5. The summed E-state index contributed by atoms with van der Waals surface area (Å²) in [6, 6.07) is 1.87. The summed E-state index contributed by atoms with van der Waals surface area (Å²) < 4.78 is 1.89. The van der Waals surface area contributed by atoms with Crippen LogP contribution in [0.1, 0.15) is 43.0 Å². The minimum absolute atomic E-state index is 0.0827. The molecule has 6 nitrogen and oxygen atoms in total. The van der Waals surface area contributed by atoms with Gasteiger partial charge in [-0.1, -0.05) is 6.92 Å². The van der Waals surface area contributed by atoms with Gasteiger partial charge < -0.3 is 5.11 Å². The highest BCUT2D eigenvalue weighted by molar-refractivity contribution is 5.71. The van der Waals surface area contributed by atoms with Crippen molar-refractivity contribution in [1.29, 1.82) is 0 Å².